The third kappa shape index (κ3) is 2.77. The molecule has 1 aromatic carbocycles. The minimum Gasteiger partial charge on any atom is -0.508 e. The van der Waals surface area contributed by atoms with Crippen molar-refractivity contribution in [1.29, 1.82) is 0 Å². The number of benzene rings is 1. The highest BCUT2D eigenvalue weighted by Crippen LogP contribution is 2.25. The van der Waals surface area contributed by atoms with E-state index in [1.165, 1.54) is 4.88 Å². The molecule has 0 amide bonds. The second kappa shape index (κ2) is 5.41. The van der Waals surface area contributed by atoms with Crippen LogP contribution in [0.15, 0.2) is 46.9 Å². The average Bonchev–Trinajstić information content (AvgIpc) is 3.08. The summed E-state index contributed by atoms with van der Waals surface area (Å²) in [5, 5.41) is 23.8. The molecule has 2 heterocycles. The zero-order chi connectivity index (χ0) is 13.1. The van der Waals surface area contributed by atoms with Gasteiger partial charge in [0.05, 0.1) is 5.69 Å². The molecule has 5 nitrogen and oxygen atoms in total. The molecule has 7 heteroatoms. The molecule has 0 fully saturated rings. The van der Waals surface area contributed by atoms with Gasteiger partial charge in [-0.1, -0.05) is 17.8 Å². The van der Waals surface area contributed by atoms with Gasteiger partial charge in [0.25, 0.3) is 0 Å². The van der Waals surface area contributed by atoms with Crippen LogP contribution in [0.25, 0.3) is 5.69 Å². The number of thioether (sulfide) groups is 1. The second-order valence-electron chi connectivity index (χ2n) is 3.76. The first-order valence-electron chi connectivity index (χ1n) is 5.56. The van der Waals surface area contributed by atoms with Crippen molar-refractivity contribution in [2.75, 3.05) is 0 Å². The molecule has 19 heavy (non-hydrogen) atoms. The molecule has 0 aliphatic rings. The minimum absolute atomic E-state index is 0.226. The Balaban J connectivity index is 1.80. The largest absolute Gasteiger partial charge is 0.508 e. The molecule has 0 saturated heterocycles. The Labute approximate surface area is 117 Å². The Morgan fingerprint density at radius 3 is 2.79 bits per heavy atom. The molecule has 0 unspecified atom stereocenters. The van der Waals surface area contributed by atoms with Crippen molar-refractivity contribution in [3.8, 4) is 11.4 Å². The van der Waals surface area contributed by atoms with Crippen LogP contribution in [0.1, 0.15) is 4.88 Å². The number of rotatable bonds is 4. The summed E-state index contributed by atoms with van der Waals surface area (Å²) in [5.74, 6) is 1.07. The van der Waals surface area contributed by atoms with Gasteiger partial charge in [-0.3, -0.25) is 0 Å². The van der Waals surface area contributed by atoms with Gasteiger partial charge in [-0.2, -0.15) is 4.68 Å². The van der Waals surface area contributed by atoms with E-state index >= 15 is 0 Å². The van der Waals surface area contributed by atoms with Gasteiger partial charge in [0, 0.05) is 10.6 Å². The third-order valence-corrected chi connectivity index (χ3v) is 4.49. The summed E-state index contributed by atoms with van der Waals surface area (Å²) in [7, 11) is 0. The van der Waals surface area contributed by atoms with Crippen LogP contribution in [0, 0.1) is 0 Å². The van der Waals surface area contributed by atoms with Crippen molar-refractivity contribution in [2.45, 2.75) is 10.9 Å². The fourth-order valence-electron chi connectivity index (χ4n) is 1.56. The van der Waals surface area contributed by atoms with Crippen LogP contribution in [-0.2, 0) is 5.75 Å². The van der Waals surface area contributed by atoms with E-state index in [-0.39, 0.29) is 5.75 Å². The number of aromatic hydroxyl groups is 1. The first kappa shape index (κ1) is 12.2. The highest BCUT2D eigenvalue weighted by atomic mass is 32.2. The van der Waals surface area contributed by atoms with Crippen LogP contribution in [0.3, 0.4) is 0 Å². The van der Waals surface area contributed by atoms with Crippen LogP contribution in [0.2, 0.25) is 0 Å². The third-order valence-electron chi connectivity index (χ3n) is 2.46. The lowest BCUT2D eigenvalue weighted by molar-refractivity contribution is 0.475. The van der Waals surface area contributed by atoms with Crippen LogP contribution < -0.4 is 0 Å². The number of phenols is 1. The SMILES string of the molecule is Oc1ccc(-n2nnnc2SCc2cccs2)cc1. The van der Waals surface area contributed by atoms with E-state index in [9.17, 15) is 5.11 Å². The van der Waals surface area contributed by atoms with E-state index in [1.807, 2.05) is 6.07 Å². The van der Waals surface area contributed by atoms with E-state index in [4.69, 9.17) is 0 Å². The first-order chi connectivity index (χ1) is 9.33. The maximum Gasteiger partial charge on any atom is 0.214 e. The average molecular weight is 290 g/mol. The standard InChI is InChI=1S/C12H10N4OS2/c17-10-5-3-9(4-6-10)16-12(13-14-15-16)19-8-11-2-1-7-18-11/h1-7,17H,8H2. The molecular weight excluding hydrogens is 280 g/mol. The molecule has 96 valence electrons. The second-order valence-corrected chi connectivity index (χ2v) is 5.73. The summed E-state index contributed by atoms with van der Waals surface area (Å²) in [4.78, 5) is 1.28. The molecule has 2 aromatic heterocycles. The van der Waals surface area contributed by atoms with E-state index < -0.39 is 0 Å². The van der Waals surface area contributed by atoms with Gasteiger partial charge < -0.3 is 5.11 Å². The van der Waals surface area contributed by atoms with Crippen LogP contribution >= 0.6 is 23.1 Å². The molecule has 0 spiro atoms. The Morgan fingerprint density at radius 2 is 2.05 bits per heavy atom. The fourth-order valence-corrected chi connectivity index (χ4v) is 3.22. The fraction of sp³-hybridized carbons (Fsp3) is 0.0833. The number of hydrogen-bond donors (Lipinski definition) is 1. The number of phenolic OH excluding ortho intramolecular Hbond substituents is 1. The Hall–Kier alpha value is -1.86. The summed E-state index contributed by atoms with van der Waals surface area (Å²) in [6, 6.07) is 10.9. The molecule has 0 bridgehead atoms. The zero-order valence-electron chi connectivity index (χ0n) is 9.80. The predicted molar refractivity (Wildman–Crippen MR) is 74.7 cm³/mol. The molecule has 3 rings (SSSR count). The summed E-state index contributed by atoms with van der Waals surface area (Å²) < 4.78 is 1.66. The van der Waals surface area contributed by atoms with Crippen molar-refractivity contribution in [3.63, 3.8) is 0 Å². The van der Waals surface area contributed by atoms with Crippen molar-refractivity contribution in [3.05, 3.63) is 46.7 Å². The molecule has 1 N–H and O–H groups in total. The number of tetrazole rings is 1. The summed E-state index contributed by atoms with van der Waals surface area (Å²) in [5.41, 5.74) is 0.830. The van der Waals surface area contributed by atoms with E-state index in [1.54, 1.807) is 52.0 Å². The molecule has 3 aromatic rings. The van der Waals surface area contributed by atoms with E-state index in [0.717, 1.165) is 16.6 Å². The first-order valence-corrected chi connectivity index (χ1v) is 7.42. The van der Waals surface area contributed by atoms with Gasteiger partial charge in [0.15, 0.2) is 0 Å². The summed E-state index contributed by atoms with van der Waals surface area (Å²) in [6.45, 7) is 0. The molecule has 0 atom stereocenters. The lowest BCUT2D eigenvalue weighted by Crippen LogP contribution is -1.98. The van der Waals surface area contributed by atoms with Crippen molar-refractivity contribution in [2.24, 2.45) is 0 Å². The van der Waals surface area contributed by atoms with Crippen LogP contribution in [0.4, 0.5) is 0 Å². The van der Waals surface area contributed by atoms with Gasteiger partial charge in [-0.05, 0) is 46.1 Å². The number of nitrogens with zero attached hydrogens (tertiary/aromatic N) is 4. The summed E-state index contributed by atoms with van der Waals surface area (Å²) in [6.07, 6.45) is 0. The van der Waals surface area contributed by atoms with Crippen molar-refractivity contribution >= 4 is 23.1 Å². The van der Waals surface area contributed by atoms with Gasteiger partial charge in [-0.25, -0.2) is 0 Å². The van der Waals surface area contributed by atoms with Gasteiger partial charge in [0.2, 0.25) is 5.16 Å². The number of thiophene rings is 1. The molecule has 0 aliphatic heterocycles. The smallest absolute Gasteiger partial charge is 0.214 e. The molecular formula is C12H10N4OS2. The minimum atomic E-state index is 0.226. The van der Waals surface area contributed by atoms with Gasteiger partial charge >= 0.3 is 0 Å². The quantitative estimate of drug-likeness (QED) is 0.748. The van der Waals surface area contributed by atoms with E-state index in [0.29, 0.717) is 0 Å². The number of hydrogen-bond acceptors (Lipinski definition) is 6. The van der Waals surface area contributed by atoms with Crippen LogP contribution in [0.5, 0.6) is 5.75 Å². The van der Waals surface area contributed by atoms with Gasteiger partial charge in [0.1, 0.15) is 5.75 Å². The highest BCUT2D eigenvalue weighted by Gasteiger charge is 2.09. The van der Waals surface area contributed by atoms with Crippen molar-refractivity contribution in [1.82, 2.24) is 20.2 Å². The predicted octanol–water partition coefficient (Wildman–Crippen LogP) is 2.72. The molecule has 0 saturated carbocycles. The topological polar surface area (TPSA) is 63.8 Å². The molecule has 0 aliphatic carbocycles. The van der Waals surface area contributed by atoms with Crippen molar-refractivity contribution < 1.29 is 5.11 Å². The Bertz CT molecular complexity index is 649. The summed E-state index contributed by atoms with van der Waals surface area (Å²) >= 11 is 3.30. The maximum atomic E-state index is 9.29. The lowest BCUT2D eigenvalue weighted by atomic mass is 10.3. The highest BCUT2D eigenvalue weighted by molar-refractivity contribution is 7.98. The van der Waals surface area contributed by atoms with E-state index in [2.05, 4.69) is 27.0 Å². The Kier molecular flexibility index (Phi) is 3.47. The Morgan fingerprint density at radius 1 is 1.21 bits per heavy atom. The lowest BCUT2D eigenvalue weighted by Gasteiger charge is -2.03. The maximum absolute atomic E-state index is 9.29. The number of aromatic nitrogens is 4. The normalized spacial score (nSPS) is 10.7. The molecule has 0 radical (unpaired) electrons. The van der Waals surface area contributed by atoms with Crippen LogP contribution in [-0.4, -0.2) is 25.3 Å². The van der Waals surface area contributed by atoms with Gasteiger partial charge in [-0.15, -0.1) is 16.4 Å². The zero-order valence-corrected chi connectivity index (χ0v) is 11.4. The monoisotopic (exact) mass is 290 g/mol.